The van der Waals surface area contributed by atoms with E-state index in [2.05, 4.69) is 5.32 Å². The van der Waals surface area contributed by atoms with Crippen LogP contribution in [-0.4, -0.2) is 18.6 Å². The topological polar surface area (TPSA) is 64.4 Å². The monoisotopic (exact) mass is 290 g/mol. The van der Waals surface area contributed by atoms with E-state index in [9.17, 15) is 4.79 Å². The van der Waals surface area contributed by atoms with Crippen molar-refractivity contribution in [2.24, 2.45) is 5.73 Å². The van der Waals surface area contributed by atoms with Crippen LogP contribution in [0.4, 0.5) is 0 Å². The van der Waals surface area contributed by atoms with Gasteiger partial charge in [-0.2, -0.15) is 0 Å². The van der Waals surface area contributed by atoms with Gasteiger partial charge >= 0.3 is 0 Å². The van der Waals surface area contributed by atoms with Crippen molar-refractivity contribution in [1.82, 2.24) is 5.32 Å². The van der Waals surface area contributed by atoms with Gasteiger partial charge < -0.3 is 15.8 Å². The van der Waals surface area contributed by atoms with Gasteiger partial charge in [-0.1, -0.05) is 11.6 Å². The average molecular weight is 291 g/mol. The van der Waals surface area contributed by atoms with Crippen LogP contribution >= 0.6 is 24.0 Å². The molecule has 0 radical (unpaired) electrons. The van der Waals surface area contributed by atoms with Gasteiger partial charge in [0.2, 0.25) is 0 Å². The van der Waals surface area contributed by atoms with Crippen LogP contribution < -0.4 is 15.8 Å². The van der Waals surface area contributed by atoms with Gasteiger partial charge in [0.25, 0.3) is 5.91 Å². The van der Waals surface area contributed by atoms with Crippen LogP contribution in [0.25, 0.3) is 0 Å². The fourth-order valence-electron chi connectivity index (χ4n) is 1.52. The summed E-state index contributed by atoms with van der Waals surface area (Å²) >= 11 is 5.94. The summed E-state index contributed by atoms with van der Waals surface area (Å²) in [6.07, 6.45) is 2.44. The molecule has 0 spiro atoms. The third kappa shape index (κ3) is 4.72. The first-order chi connectivity index (χ1) is 8.15. The van der Waals surface area contributed by atoms with Crippen molar-refractivity contribution in [1.29, 1.82) is 0 Å². The fourth-order valence-corrected chi connectivity index (χ4v) is 1.71. The number of hydrogen-bond acceptors (Lipinski definition) is 3. The van der Waals surface area contributed by atoms with Gasteiger partial charge in [0.15, 0.2) is 6.61 Å². The zero-order valence-corrected chi connectivity index (χ0v) is 11.4. The second kappa shape index (κ2) is 6.83. The molecule has 3 N–H and O–H groups in total. The number of ether oxygens (including phenoxy) is 1. The Morgan fingerprint density at radius 2 is 2.22 bits per heavy atom. The van der Waals surface area contributed by atoms with Gasteiger partial charge in [-0.05, 0) is 31.0 Å². The molecule has 1 saturated carbocycles. The number of carbonyl (C=O) groups excluding carboxylic acids is 1. The molecule has 1 aromatic rings. The van der Waals surface area contributed by atoms with Crippen LogP contribution in [0, 0.1) is 0 Å². The minimum atomic E-state index is -0.485. The van der Waals surface area contributed by atoms with Crippen LogP contribution in [0.2, 0.25) is 5.02 Å². The molecule has 0 aliphatic heterocycles. The minimum absolute atomic E-state index is 0. The quantitative estimate of drug-likeness (QED) is 0.841. The second-order valence-corrected chi connectivity index (χ2v) is 4.60. The van der Waals surface area contributed by atoms with Gasteiger partial charge in [0.1, 0.15) is 5.75 Å². The third-order valence-corrected chi connectivity index (χ3v) is 2.79. The molecule has 1 fully saturated rings. The molecular formula is C12H16Cl2N2O2. The highest BCUT2D eigenvalue weighted by molar-refractivity contribution is 6.30. The van der Waals surface area contributed by atoms with E-state index in [1.165, 1.54) is 12.8 Å². The number of nitrogens with two attached hydrogens (primary N) is 1. The number of carbonyl (C=O) groups is 1. The standard InChI is InChI=1S/C12H15ClN2O2.ClH/c13-9-1-4-11(17-7-12(14)16)8(5-9)6-15-10-2-3-10;/h1,4-5,10,15H,2-3,6-7H2,(H2,14,16);1H. The first-order valence-electron chi connectivity index (χ1n) is 5.58. The molecule has 0 bridgehead atoms. The molecule has 18 heavy (non-hydrogen) atoms. The molecule has 0 unspecified atom stereocenters. The number of benzene rings is 1. The van der Waals surface area contributed by atoms with Gasteiger partial charge in [-0.15, -0.1) is 12.4 Å². The average Bonchev–Trinajstić information content (AvgIpc) is 3.08. The van der Waals surface area contributed by atoms with Gasteiger partial charge in [-0.25, -0.2) is 0 Å². The highest BCUT2D eigenvalue weighted by Crippen LogP contribution is 2.25. The van der Waals surface area contributed by atoms with E-state index >= 15 is 0 Å². The van der Waals surface area contributed by atoms with Crippen molar-refractivity contribution in [2.75, 3.05) is 6.61 Å². The lowest BCUT2D eigenvalue weighted by Gasteiger charge is -2.11. The first kappa shape index (κ1) is 15.1. The van der Waals surface area contributed by atoms with Crippen LogP contribution in [0.3, 0.4) is 0 Å². The Labute approximate surface area is 117 Å². The molecule has 2 rings (SSSR count). The van der Waals surface area contributed by atoms with Crippen molar-refractivity contribution in [3.05, 3.63) is 28.8 Å². The Balaban J connectivity index is 0.00000162. The summed E-state index contributed by atoms with van der Waals surface area (Å²) in [6, 6.07) is 5.94. The second-order valence-electron chi connectivity index (χ2n) is 4.16. The maximum absolute atomic E-state index is 10.7. The predicted octanol–water partition coefficient (Wildman–Crippen LogP) is 1.88. The van der Waals surface area contributed by atoms with Gasteiger partial charge in [0.05, 0.1) is 0 Å². The Kier molecular flexibility index (Phi) is 5.72. The zero-order valence-electron chi connectivity index (χ0n) is 9.82. The molecule has 0 heterocycles. The molecule has 0 aromatic heterocycles. The molecular weight excluding hydrogens is 275 g/mol. The molecule has 0 saturated heterocycles. The summed E-state index contributed by atoms with van der Waals surface area (Å²) in [5, 5.41) is 4.03. The van der Waals surface area contributed by atoms with Crippen LogP contribution in [0.15, 0.2) is 18.2 Å². The molecule has 4 nitrogen and oxygen atoms in total. The van der Waals surface area contributed by atoms with Crippen molar-refractivity contribution in [3.8, 4) is 5.75 Å². The van der Waals surface area contributed by atoms with Crippen molar-refractivity contribution in [2.45, 2.75) is 25.4 Å². The SMILES string of the molecule is Cl.NC(=O)COc1ccc(Cl)cc1CNC1CC1. The van der Waals surface area contributed by atoms with Gasteiger partial charge in [-0.3, -0.25) is 4.79 Å². The molecule has 100 valence electrons. The maximum atomic E-state index is 10.7. The third-order valence-electron chi connectivity index (χ3n) is 2.55. The number of nitrogens with one attached hydrogen (secondary N) is 1. The molecule has 1 aliphatic rings. The van der Waals surface area contributed by atoms with Crippen LogP contribution in [0.1, 0.15) is 18.4 Å². The minimum Gasteiger partial charge on any atom is -0.483 e. The summed E-state index contributed by atoms with van der Waals surface area (Å²) < 4.78 is 5.33. The molecule has 6 heteroatoms. The Morgan fingerprint density at radius 3 is 2.83 bits per heavy atom. The number of primary amides is 1. The first-order valence-corrected chi connectivity index (χ1v) is 5.96. The van der Waals surface area contributed by atoms with Crippen molar-refractivity contribution in [3.63, 3.8) is 0 Å². The molecule has 0 atom stereocenters. The molecule has 1 aromatic carbocycles. The highest BCUT2D eigenvalue weighted by Gasteiger charge is 2.20. The van der Waals surface area contributed by atoms with E-state index in [1.54, 1.807) is 12.1 Å². The lowest BCUT2D eigenvalue weighted by Crippen LogP contribution is -2.21. The van der Waals surface area contributed by atoms with Gasteiger partial charge in [0, 0.05) is 23.2 Å². The van der Waals surface area contributed by atoms with E-state index in [-0.39, 0.29) is 19.0 Å². The highest BCUT2D eigenvalue weighted by atomic mass is 35.5. The van der Waals surface area contributed by atoms with E-state index in [0.29, 0.717) is 23.4 Å². The van der Waals surface area contributed by atoms with E-state index < -0.39 is 5.91 Å². The summed E-state index contributed by atoms with van der Waals surface area (Å²) in [4.78, 5) is 10.7. The molecule has 1 aliphatic carbocycles. The Hall–Kier alpha value is -0.970. The van der Waals surface area contributed by atoms with E-state index in [1.807, 2.05) is 6.07 Å². The summed E-state index contributed by atoms with van der Waals surface area (Å²) in [5.41, 5.74) is 6.00. The molecule has 1 amide bonds. The van der Waals surface area contributed by atoms with Crippen LogP contribution in [-0.2, 0) is 11.3 Å². The van der Waals surface area contributed by atoms with Crippen molar-refractivity contribution >= 4 is 29.9 Å². The zero-order chi connectivity index (χ0) is 12.3. The normalized spacial score (nSPS) is 13.8. The van der Waals surface area contributed by atoms with Crippen molar-refractivity contribution < 1.29 is 9.53 Å². The van der Waals surface area contributed by atoms with Crippen LogP contribution in [0.5, 0.6) is 5.75 Å². The Bertz CT molecular complexity index is 423. The number of hydrogen-bond donors (Lipinski definition) is 2. The maximum Gasteiger partial charge on any atom is 0.255 e. The largest absolute Gasteiger partial charge is 0.483 e. The number of amides is 1. The van der Waals surface area contributed by atoms with E-state index in [0.717, 1.165) is 5.56 Å². The van der Waals surface area contributed by atoms with E-state index in [4.69, 9.17) is 22.1 Å². The lowest BCUT2D eigenvalue weighted by molar-refractivity contribution is -0.119. The predicted molar refractivity (Wildman–Crippen MR) is 73.3 cm³/mol. The number of rotatable bonds is 6. The summed E-state index contributed by atoms with van der Waals surface area (Å²) in [7, 11) is 0. The summed E-state index contributed by atoms with van der Waals surface area (Å²) in [5.74, 6) is 0.169. The fraction of sp³-hybridized carbons (Fsp3) is 0.417. The summed E-state index contributed by atoms with van der Waals surface area (Å²) in [6.45, 7) is 0.581. The number of halogens is 2. The Morgan fingerprint density at radius 1 is 1.50 bits per heavy atom. The lowest BCUT2D eigenvalue weighted by atomic mass is 10.2. The smallest absolute Gasteiger partial charge is 0.255 e.